The Bertz CT molecular complexity index is 621. The summed E-state index contributed by atoms with van der Waals surface area (Å²) >= 11 is 1.31. The van der Waals surface area contributed by atoms with Gasteiger partial charge < -0.3 is 0 Å². The molecule has 0 aromatic rings. The van der Waals surface area contributed by atoms with E-state index in [1.165, 1.54) is 69.2 Å². The van der Waals surface area contributed by atoms with Crippen LogP contribution >= 0.6 is 11.8 Å². The van der Waals surface area contributed by atoms with Crippen molar-refractivity contribution in [3.63, 3.8) is 0 Å². The lowest BCUT2D eigenvalue weighted by atomic mass is 9.97. The Morgan fingerprint density at radius 3 is 1.88 bits per heavy atom. The molecule has 0 saturated carbocycles. The molecule has 1 aliphatic carbocycles. The lowest BCUT2D eigenvalue weighted by Crippen LogP contribution is -2.16. The monoisotopic (exact) mass is 358 g/mol. The van der Waals surface area contributed by atoms with Gasteiger partial charge in [0.1, 0.15) is 23.3 Å². The molecule has 0 saturated heterocycles. The normalized spacial score (nSPS) is 14.3. The fourth-order valence-electron chi connectivity index (χ4n) is 2.71. The van der Waals surface area contributed by atoms with Crippen LogP contribution in [0, 0.1) is 22.7 Å². The second-order valence-corrected chi connectivity index (χ2v) is 7.34. The molecule has 0 fully saturated rings. The quantitative estimate of drug-likeness (QED) is 0.361. The van der Waals surface area contributed by atoms with Crippen molar-refractivity contribution in [1.82, 2.24) is 0 Å². The molecule has 25 heavy (non-hydrogen) atoms. The van der Waals surface area contributed by atoms with Gasteiger partial charge in [-0.3, -0.25) is 9.59 Å². The number of carbonyl (C=O) groups excluding carboxylic acids is 2. The van der Waals surface area contributed by atoms with Crippen molar-refractivity contribution in [3.05, 3.63) is 22.1 Å². The van der Waals surface area contributed by atoms with Gasteiger partial charge in [-0.25, -0.2) is 0 Å². The molecule has 134 valence electrons. The zero-order valence-electron chi connectivity index (χ0n) is 15.0. The number of unbranched alkanes of at least 4 members (excludes halogenated alkanes) is 9. The number of nitrogens with zero attached hydrogens (tertiary/aromatic N) is 2. The van der Waals surface area contributed by atoms with Gasteiger partial charge in [0, 0.05) is 6.08 Å². The van der Waals surface area contributed by atoms with E-state index in [9.17, 15) is 9.59 Å². The van der Waals surface area contributed by atoms with Gasteiger partial charge >= 0.3 is 0 Å². The molecule has 0 aliphatic heterocycles. The third kappa shape index (κ3) is 7.28. The average Bonchev–Trinajstić information content (AvgIpc) is 2.61. The Morgan fingerprint density at radius 2 is 1.36 bits per heavy atom. The van der Waals surface area contributed by atoms with Crippen LogP contribution in [-0.4, -0.2) is 17.3 Å². The Balaban J connectivity index is 2.19. The number of ketones is 2. The second kappa shape index (κ2) is 12.5. The van der Waals surface area contributed by atoms with Crippen LogP contribution in [0.15, 0.2) is 22.1 Å². The molecule has 0 atom stereocenters. The van der Waals surface area contributed by atoms with Crippen molar-refractivity contribution in [3.8, 4) is 12.1 Å². The van der Waals surface area contributed by atoms with Gasteiger partial charge in [-0.1, -0.05) is 64.7 Å². The smallest absolute Gasteiger partial charge is 0.211 e. The molecular weight excluding hydrogens is 332 g/mol. The van der Waals surface area contributed by atoms with E-state index in [0.29, 0.717) is 0 Å². The fraction of sp³-hybridized carbons (Fsp3) is 0.600. The molecule has 0 spiro atoms. The molecule has 0 amide bonds. The van der Waals surface area contributed by atoms with Crippen molar-refractivity contribution >= 4 is 23.3 Å². The highest BCUT2D eigenvalue weighted by Crippen LogP contribution is 2.27. The van der Waals surface area contributed by atoms with Crippen LogP contribution in [0.4, 0.5) is 0 Å². The molecule has 4 nitrogen and oxygen atoms in total. The third-order valence-corrected chi connectivity index (χ3v) is 5.30. The third-order valence-electron chi connectivity index (χ3n) is 4.19. The summed E-state index contributed by atoms with van der Waals surface area (Å²) in [6.07, 6.45) is 13.7. The Morgan fingerprint density at radius 1 is 0.840 bits per heavy atom. The molecule has 0 bridgehead atoms. The van der Waals surface area contributed by atoms with Crippen molar-refractivity contribution in [2.45, 2.75) is 71.1 Å². The van der Waals surface area contributed by atoms with E-state index in [4.69, 9.17) is 10.5 Å². The SMILES string of the molecule is CCCCCCCCCCCCSC1=CC(=O)C(C#N)=C(C#N)C1=O. The molecule has 0 aromatic carbocycles. The van der Waals surface area contributed by atoms with Crippen LogP contribution in [-0.2, 0) is 9.59 Å². The predicted molar refractivity (Wildman–Crippen MR) is 101 cm³/mol. The van der Waals surface area contributed by atoms with Crippen molar-refractivity contribution in [1.29, 1.82) is 10.5 Å². The second-order valence-electron chi connectivity index (χ2n) is 6.21. The first-order valence-electron chi connectivity index (χ1n) is 9.13. The molecule has 0 heterocycles. The predicted octanol–water partition coefficient (Wildman–Crippen LogP) is 5.02. The van der Waals surface area contributed by atoms with Gasteiger partial charge in [0.25, 0.3) is 0 Å². The molecular formula is C20H26N2O2S. The number of nitriles is 2. The summed E-state index contributed by atoms with van der Waals surface area (Å²) in [6.45, 7) is 2.23. The van der Waals surface area contributed by atoms with Crippen LogP contribution in [0.1, 0.15) is 71.1 Å². The van der Waals surface area contributed by atoms with E-state index in [0.717, 1.165) is 18.6 Å². The molecule has 1 aliphatic rings. The van der Waals surface area contributed by atoms with Gasteiger partial charge in [-0.15, -0.1) is 11.8 Å². The maximum absolute atomic E-state index is 12.1. The van der Waals surface area contributed by atoms with Crippen LogP contribution in [0.2, 0.25) is 0 Å². The van der Waals surface area contributed by atoms with E-state index in [1.54, 1.807) is 12.1 Å². The van der Waals surface area contributed by atoms with E-state index >= 15 is 0 Å². The number of carbonyl (C=O) groups is 2. The molecule has 0 radical (unpaired) electrons. The lowest BCUT2D eigenvalue weighted by molar-refractivity contribution is -0.114. The summed E-state index contributed by atoms with van der Waals surface area (Å²) in [5.41, 5.74) is -0.656. The highest BCUT2D eigenvalue weighted by molar-refractivity contribution is 8.04. The molecule has 0 unspecified atom stereocenters. The number of allylic oxidation sites excluding steroid dienone is 4. The van der Waals surface area contributed by atoms with Gasteiger partial charge in [0.2, 0.25) is 5.78 Å². The molecule has 0 aromatic heterocycles. The van der Waals surface area contributed by atoms with Crippen LogP contribution in [0.5, 0.6) is 0 Å². The van der Waals surface area contributed by atoms with Crippen LogP contribution in [0.3, 0.4) is 0 Å². The van der Waals surface area contributed by atoms with Crippen LogP contribution < -0.4 is 0 Å². The lowest BCUT2D eigenvalue weighted by Gasteiger charge is -2.10. The maximum atomic E-state index is 12.1. The highest BCUT2D eigenvalue weighted by Gasteiger charge is 2.28. The van der Waals surface area contributed by atoms with E-state index in [1.807, 2.05) is 0 Å². The first kappa shape index (κ1) is 21.2. The summed E-state index contributed by atoms with van der Waals surface area (Å²) < 4.78 is 0. The van der Waals surface area contributed by atoms with E-state index in [-0.39, 0.29) is 16.1 Å². The average molecular weight is 359 g/mol. The zero-order chi connectivity index (χ0) is 18.5. The summed E-state index contributed by atoms with van der Waals surface area (Å²) in [4.78, 5) is 24.2. The van der Waals surface area contributed by atoms with Crippen molar-refractivity contribution < 1.29 is 9.59 Å². The molecule has 0 N–H and O–H groups in total. The topological polar surface area (TPSA) is 81.7 Å². The van der Waals surface area contributed by atoms with Crippen LogP contribution in [0.25, 0.3) is 0 Å². The number of Topliss-reactive ketones (excluding diaryl/α,β-unsaturated/α-hetero) is 1. The Hall–Kier alpha value is -1.85. The summed E-state index contributed by atoms with van der Waals surface area (Å²) in [6, 6.07) is 3.34. The largest absolute Gasteiger partial charge is 0.288 e. The van der Waals surface area contributed by atoms with Gasteiger partial charge in [0.05, 0.1) is 4.91 Å². The maximum Gasteiger partial charge on any atom is 0.211 e. The fourth-order valence-corrected chi connectivity index (χ4v) is 3.71. The van der Waals surface area contributed by atoms with E-state index in [2.05, 4.69) is 6.92 Å². The zero-order valence-corrected chi connectivity index (χ0v) is 15.8. The standard InChI is InChI=1S/C20H26N2O2S/c1-2-3-4-5-6-7-8-9-10-11-12-25-19-13-18(23)16(14-21)17(15-22)20(19)24/h13H,2-12H2,1H3. The van der Waals surface area contributed by atoms with Crippen molar-refractivity contribution in [2.24, 2.45) is 0 Å². The highest BCUT2D eigenvalue weighted by atomic mass is 32.2. The minimum absolute atomic E-state index is 0.288. The van der Waals surface area contributed by atoms with Crippen molar-refractivity contribution in [2.75, 3.05) is 5.75 Å². The van der Waals surface area contributed by atoms with E-state index < -0.39 is 11.6 Å². The minimum Gasteiger partial charge on any atom is -0.288 e. The van der Waals surface area contributed by atoms with Gasteiger partial charge in [-0.05, 0) is 12.2 Å². The van der Waals surface area contributed by atoms with Gasteiger partial charge in [-0.2, -0.15) is 10.5 Å². The summed E-state index contributed by atoms with van der Waals surface area (Å²) in [5, 5.41) is 17.9. The number of rotatable bonds is 12. The number of hydrogen-bond acceptors (Lipinski definition) is 5. The Labute approximate surface area is 155 Å². The molecule has 5 heteroatoms. The number of thioether (sulfide) groups is 1. The molecule has 1 rings (SSSR count). The number of hydrogen-bond donors (Lipinski definition) is 0. The minimum atomic E-state index is -0.538. The first-order chi connectivity index (χ1) is 12.2. The summed E-state index contributed by atoms with van der Waals surface area (Å²) in [7, 11) is 0. The Kier molecular flexibility index (Phi) is 10.6. The van der Waals surface area contributed by atoms with Gasteiger partial charge in [0.15, 0.2) is 5.78 Å². The first-order valence-corrected chi connectivity index (χ1v) is 10.1. The summed E-state index contributed by atoms with van der Waals surface area (Å²) in [5.74, 6) is -0.276.